The van der Waals surface area contributed by atoms with Gasteiger partial charge in [0, 0.05) is 22.9 Å². The van der Waals surface area contributed by atoms with Gasteiger partial charge in [-0.1, -0.05) is 17.7 Å². The van der Waals surface area contributed by atoms with Crippen LogP contribution in [0.2, 0.25) is 5.02 Å². The largest absolute Gasteiger partial charge is 0.493 e. The fourth-order valence-electron chi connectivity index (χ4n) is 2.18. The number of aryl methyl sites for hydroxylation is 1. The molecule has 0 bridgehead atoms. The van der Waals surface area contributed by atoms with Crippen LogP contribution >= 0.6 is 11.6 Å². The molecule has 0 aromatic heterocycles. The van der Waals surface area contributed by atoms with E-state index in [0.717, 1.165) is 22.6 Å². The van der Waals surface area contributed by atoms with Gasteiger partial charge < -0.3 is 14.2 Å². The summed E-state index contributed by atoms with van der Waals surface area (Å²) in [6.45, 7) is 4.73. The van der Waals surface area contributed by atoms with Crippen LogP contribution in [0.4, 0.5) is 5.69 Å². The highest BCUT2D eigenvalue weighted by molar-refractivity contribution is 6.30. The molecule has 0 radical (unpaired) electrons. The van der Waals surface area contributed by atoms with Gasteiger partial charge in [-0.15, -0.1) is 0 Å². The predicted molar refractivity (Wildman–Crippen MR) is 87.2 cm³/mol. The van der Waals surface area contributed by atoms with Crippen molar-refractivity contribution >= 4 is 23.5 Å². The van der Waals surface area contributed by atoms with Crippen LogP contribution in [0.3, 0.4) is 0 Å². The van der Waals surface area contributed by atoms with Crippen LogP contribution in [0.5, 0.6) is 17.2 Å². The maximum absolute atomic E-state index is 6.02. The fourth-order valence-corrected chi connectivity index (χ4v) is 2.35. The monoisotopic (exact) mass is 317 g/mol. The second kappa shape index (κ2) is 6.28. The molecule has 1 aliphatic rings. The number of ether oxygens (including phenoxy) is 3. The van der Waals surface area contributed by atoms with Crippen molar-refractivity contribution < 1.29 is 14.2 Å². The van der Waals surface area contributed by atoms with Crippen LogP contribution in [-0.2, 0) is 0 Å². The van der Waals surface area contributed by atoms with Crippen LogP contribution < -0.4 is 14.2 Å². The zero-order valence-electron chi connectivity index (χ0n) is 12.4. The van der Waals surface area contributed by atoms with Crippen LogP contribution in [0.25, 0.3) is 0 Å². The molecule has 0 fully saturated rings. The Balaban J connectivity index is 1.97. The van der Waals surface area contributed by atoms with Gasteiger partial charge in [0.15, 0.2) is 11.5 Å². The predicted octanol–water partition coefficient (Wildman–Crippen LogP) is 4.53. The second-order valence-electron chi connectivity index (χ2n) is 4.87. The highest BCUT2D eigenvalue weighted by atomic mass is 35.5. The number of hydrogen-bond donors (Lipinski definition) is 0. The Hall–Kier alpha value is -2.20. The van der Waals surface area contributed by atoms with Crippen molar-refractivity contribution in [1.29, 1.82) is 0 Å². The van der Waals surface area contributed by atoms with Crippen molar-refractivity contribution in [3.05, 3.63) is 46.5 Å². The molecule has 0 aliphatic carbocycles. The zero-order valence-corrected chi connectivity index (χ0v) is 13.2. The first-order valence-electron chi connectivity index (χ1n) is 7.04. The molecule has 1 heterocycles. The van der Waals surface area contributed by atoms with E-state index in [2.05, 4.69) is 4.99 Å². The lowest BCUT2D eigenvalue weighted by molar-refractivity contribution is 0.174. The number of halogens is 1. The number of aliphatic imine (C=N–C) groups is 1. The van der Waals surface area contributed by atoms with Crippen LogP contribution in [0.1, 0.15) is 18.1 Å². The van der Waals surface area contributed by atoms with Gasteiger partial charge in [0.2, 0.25) is 6.79 Å². The third-order valence-electron chi connectivity index (χ3n) is 3.32. The molecule has 5 heteroatoms. The summed E-state index contributed by atoms with van der Waals surface area (Å²) in [5, 5.41) is 0.661. The highest BCUT2D eigenvalue weighted by Gasteiger charge is 2.17. The lowest BCUT2D eigenvalue weighted by atomic mass is 10.1. The van der Waals surface area contributed by atoms with Crippen LogP contribution in [0, 0.1) is 6.92 Å². The van der Waals surface area contributed by atoms with E-state index >= 15 is 0 Å². The maximum atomic E-state index is 6.02. The Labute approximate surface area is 134 Å². The molecular weight excluding hydrogens is 302 g/mol. The van der Waals surface area contributed by atoms with Crippen molar-refractivity contribution in [3.8, 4) is 17.2 Å². The van der Waals surface area contributed by atoms with Gasteiger partial charge in [0.1, 0.15) is 5.75 Å². The maximum Gasteiger partial charge on any atom is 0.231 e. The lowest BCUT2D eigenvalue weighted by Crippen LogP contribution is -1.96. The van der Waals surface area contributed by atoms with Gasteiger partial charge in [0.05, 0.1) is 12.3 Å². The van der Waals surface area contributed by atoms with Gasteiger partial charge in [0.25, 0.3) is 0 Å². The Kier molecular flexibility index (Phi) is 4.20. The Morgan fingerprint density at radius 3 is 2.77 bits per heavy atom. The van der Waals surface area contributed by atoms with Gasteiger partial charge >= 0.3 is 0 Å². The number of rotatable bonds is 4. The molecule has 0 saturated carbocycles. The topological polar surface area (TPSA) is 40.0 Å². The number of hydrogen-bond acceptors (Lipinski definition) is 4. The highest BCUT2D eigenvalue weighted by Crippen LogP contribution is 2.37. The lowest BCUT2D eigenvalue weighted by Gasteiger charge is -2.08. The molecule has 114 valence electrons. The molecule has 4 nitrogen and oxygen atoms in total. The van der Waals surface area contributed by atoms with Gasteiger partial charge in [-0.25, -0.2) is 0 Å². The van der Waals surface area contributed by atoms with Crippen molar-refractivity contribution in [2.24, 2.45) is 4.99 Å². The molecule has 1 aliphatic heterocycles. The van der Waals surface area contributed by atoms with E-state index in [1.807, 2.05) is 44.2 Å². The Bertz CT molecular complexity index is 728. The summed E-state index contributed by atoms with van der Waals surface area (Å²) in [6, 6.07) is 9.33. The molecule has 0 spiro atoms. The first-order valence-corrected chi connectivity index (χ1v) is 7.42. The molecular formula is C17H16ClNO3. The summed E-state index contributed by atoms with van der Waals surface area (Å²) in [5.41, 5.74) is 2.72. The van der Waals surface area contributed by atoms with Crippen molar-refractivity contribution in [2.75, 3.05) is 13.4 Å². The van der Waals surface area contributed by atoms with E-state index in [0.29, 0.717) is 23.1 Å². The number of nitrogens with zero attached hydrogens (tertiary/aromatic N) is 1. The summed E-state index contributed by atoms with van der Waals surface area (Å²) >= 11 is 6.02. The first-order chi connectivity index (χ1) is 10.7. The Morgan fingerprint density at radius 2 is 2.00 bits per heavy atom. The molecule has 0 amide bonds. The molecule has 0 unspecified atom stereocenters. The van der Waals surface area contributed by atoms with Gasteiger partial charge in [-0.3, -0.25) is 4.99 Å². The Morgan fingerprint density at radius 1 is 1.23 bits per heavy atom. The van der Waals surface area contributed by atoms with E-state index in [1.165, 1.54) is 0 Å². The van der Waals surface area contributed by atoms with Gasteiger partial charge in [-0.2, -0.15) is 0 Å². The number of fused-ring (bicyclic) bond motifs is 1. The first kappa shape index (κ1) is 14.7. The fraction of sp³-hybridized carbons (Fsp3) is 0.235. The van der Waals surface area contributed by atoms with E-state index in [1.54, 1.807) is 6.21 Å². The average Bonchev–Trinajstić information content (AvgIpc) is 2.95. The van der Waals surface area contributed by atoms with Crippen molar-refractivity contribution in [2.45, 2.75) is 13.8 Å². The minimum atomic E-state index is 0.231. The third-order valence-corrected chi connectivity index (χ3v) is 3.55. The molecule has 22 heavy (non-hydrogen) atoms. The normalized spacial score (nSPS) is 12.9. The van der Waals surface area contributed by atoms with E-state index in [9.17, 15) is 0 Å². The number of benzene rings is 2. The molecule has 0 atom stereocenters. The van der Waals surface area contributed by atoms with E-state index in [4.69, 9.17) is 25.8 Å². The average molecular weight is 318 g/mol. The van der Waals surface area contributed by atoms with Crippen LogP contribution in [-0.4, -0.2) is 19.6 Å². The summed E-state index contributed by atoms with van der Waals surface area (Å²) in [7, 11) is 0. The summed E-state index contributed by atoms with van der Waals surface area (Å²) in [5.74, 6) is 2.11. The molecule has 3 rings (SSSR count). The van der Waals surface area contributed by atoms with Gasteiger partial charge in [-0.05, 0) is 37.6 Å². The van der Waals surface area contributed by atoms with E-state index in [-0.39, 0.29) is 6.79 Å². The summed E-state index contributed by atoms with van der Waals surface area (Å²) in [4.78, 5) is 4.52. The second-order valence-corrected chi connectivity index (χ2v) is 5.30. The molecule has 2 aromatic rings. The quantitative estimate of drug-likeness (QED) is 0.778. The minimum Gasteiger partial charge on any atom is -0.493 e. The standard InChI is InChI=1S/C17H16ClNO3/c1-3-20-15-8-17-16(21-10-22-17)6-12(15)9-19-14-7-13(18)5-4-11(14)2/h4-9H,3,10H2,1-2H3. The third kappa shape index (κ3) is 3.02. The minimum absolute atomic E-state index is 0.231. The van der Waals surface area contributed by atoms with Crippen molar-refractivity contribution in [3.63, 3.8) is 0 Å². The van der Waals surface area contributed by atoms with Crippen molar-refractivity contribution in [1.82, 2.24) is 0 Å². The van der Waals surface area contributed by atoms with Crippen LogP contribution in [0.15, 0.2) is 35.3 Å². The summed E-state index contributed by atoms with van der Waals surface area (Å²) < 4.78 is 16.4. The molecule has 2 aromatic carbocycles. The molecule has 0 saturated heterocycles. The zero-order chi connectivity index (χ0) is 15.5. The SMILES string of the molecule is CCOc1cc2c(cc1C=Nc1cc(Cl)ccc1C)OCO2. The smallest absolute Gasteiger partial charge is 0.231 e. The summed E-state index contributed by atoms with van der Waals surface area (Å²) in [6.07, 6.45) is 1.76. The van der Waals surface area contributed by atoms with E-state index < -0.39 is 0 Å². The molecule has 0 N–H and O–H groups in total.